The number of hydrogen-bond acceptors (Lipinski definition) is 4. The summed E-state index contributed by atoms with van der Waals surface area (Å²) in [7, 11) is 0. The highest BCUT2D eigenvalue weighted by atomic mass is 16.7. The first-order chi connectivity index (χ1) is 6.20. The van der Waals surface area contributed by atoms with Gasteiger partial charge in [0, 0.05) is 13.1 Å². The van der Waals surface area contributed by atoms with E-state index < -0.39 is 11.9 Å². The summed E-state index contributed by atoms with van der Waals surface area (Å²) in [6, 6.07) is 4.86. The largest absolute Gasteiger partial charge is 0.341 e. The van der Waals surface area contributed by atoms with Crippen molar-refractivity contribution in [1.29, 1.82) is 0 Å². The Morgan fingerprint density at radius 2 is 2.23 bits per heavy atom. The molecule has 1 amide bonds. The summed E-state index contributed by atoms with van der Waals surface area (Å²) in [5.41, 5.74) is 2.15. The zero-order valence-corrected chi connectivity index (χ0v) is 6.98. The van der Waals surface area contributed by atoms with Crippen LogP contribution < -0.4 is 5.48 Å². The average molecular weight is 180 g/mol. The minimum absolute atomic E-state index is 0.198. The summed E-state index contributed by atoms with van der Waals surface area (Å²) in [4.78, 5) is 29.5. The molecule has 0 saturated heterocycles. The number of amides is 1. The maximum absolute atomic E-state index is 11.1. The Balaban J connectivity index is 2.54. The third-order valence-electron chi connectivity index (χ3n) is 1.18. The maximum Gasteiger partial charge on any atom is 0.329 e. The summed E-state index contributed by atoms with van der Waals surface area (Å²) in [5, 5.41) is 0. The van der Waals surface area contributed by atoms with Crippen molar-refractivity contribution < 1.29 is 14.4 Å². The van der Waals surface area contributed by atoms with E-state index in [1.807, 2.05) is 5.48 Å². The monoisotopic (exact) mass is 180 g/mol. The van der Waals surface area contributed by atoms with Gasteiger partial charge in [0.1, 0.15) is 5.69 Å². The topological polar surface area (TPSA) is 68.3 Å². The zero-order chi connectivity index (χ0) is 9.68. The number of carbonyl (C=O) groups excluding carboxylic acids is 2. The summed E-state index contributed by atoms with van der Waals surface area (Å²) >= 11 is 0. The maximum atomic E-state index is 11.1. The molecule has 0 bridgehead atoms. The molecule has 13 heavy (non-hydrogen) atoms. The van der Waals surface area contributed by atoms with Crippen LogP contribution in [0.5, 0.6) is 0 Å². The summed E-state index contributed by atoms with van der Waals surface area (Å²) < 4.78 is 0. The van der Waals surface area contributed by atoms with E-state index in [1.165, 1.54) is 19.2 Å². The molecular weight excluding hydrogens is 172 g/mol. The third kappa shape index (κ3) is 2.90. The highest BCUT2D eigenvalue weighted by Crippen LogP contribution is 1.92. The van der Waals surface area contributed by atoms with Gasteiger partial charge in [-0.2, -0.15) is 5.48 Å². The van der Waals surface area contributed by atoms with Crippen molar-refractivity contribution in [2.45, 2.75) is 6.92 Å². The van der Waals surface area contributed by atoms with E-state index in [1.54, 1.807) is 12.1 Å². The Kier molecular flexibility index (Phi) is 2.97. The predicted molar refractivity (Wildman–Crippen MR) is 43.5 cm³/mol. The number of nitrogens with zero attached hydrogens (tertiary/aromatic N) is 1. The van der Waals surface area contributed by atoms with Crippen molar-refractivity contribution in [1.82, 2.24) is 10.5 Å². The predicted octanol–water partition coefficient (Wildman–Crippen LogP) is 0.290. The summed E-state index contributed by atoms with van der Waals surface area (Å²) in [6.45, 7) is 1.19. The van der Waals surface area contributed by atoms with Crippen molar-refractivity contribution >= 4 is 11.9 Å². The molecule has 0 saturated carbocycles. The summed E-state index contributed by atoms with van der Waals surface area (Å²) in [5.74, 6) is -1.12. The molecule has 0 unspecified atom stereocenters. The third-order valence-corrected chi connectivity index (χ3v) is 1.18. The quantitative estimate of drug-likeness (QED) is 0.630. The van der Waals surface area contributed by atoms with Crippen LogP contribution in [-0.2, 0) is 9.63 Å². The number of aromatic nitrogens is 1. The van der Waals surface area contributed by atoms with Gasteiger partial charge >= 0.3 is 11.9 Å². The number of pyridine rings is 1. The average Bonchev–Trinajstić information content (AvgIpc) is 2.15. The molecule has 0 atom stereocenters. The smallest absolute Gasteiger partial charge is 0.329 e. The normalized spacial score (nSPS) is 9.00. The fourth-order valence-electron chi connectivity index (χ4n) is 0.668. The van der Waals surface area contributed by atoms with Gasteiger partial charge in [-0.25, -0.2) is 0 Å². The van der Waals surface area contributed by atoms with E-state index in [0.717, 1.165) is 0 Å². The van der Waals surface area contributed by atoms with Crippen LogP contribution in [0.25, 0.3) is 0 Å². The summed E-state index contributed by atoms with van der Waals surface area (Å²) in [6.07, 6.45) is 1.47. The van der Waals surface area contributed by atoms with E-state index >= 15 is 0 Å². The molecule has 1 heterocycles. The second kappa shape index (κ2) is 4.20. The number of nitrogens with one attached hydrogen (secondary N) is 1. The van der Waals surface area contributed by atoms with Gasteiger partial charge in [0.2, 0.25) is 0 Å². The Morgan fingerprint density at radius 3 is 2.77 bits per heavy atom. The number of rotatable bonds is 1. The zero-order valence-electron chi connectivity index (χ0n) is 6.98. The van der Waals surface area contributed by atoms with Crippen LogP contribution in [0.1, 0.15) is 17.4 Å². The SMILES string of the molecule is CC(=O)ONC(=O)c1ccccn1. The lowest BCUT2D eigenvalue weighted by atomic mass is 10.3. The molecule has 0 fully saturated rings. The van der Waals surface area contributed by atoms with Crippen LogP contribution >= 0.6 is 0 Å². The van der Waals surface area contributed by atoms with Gasteiger partial charge in [0.25, 0.3) is 0 Å². The molecule has 1 aromatic heterocycles. The fraction of sp³-hybridized carbons (Fsp3) is 0.125. The van der Waals surface area contributed by atoms with Gasteiger partial charge in [-0.1, -0.05) is 6.07 Å². The van der Waals surface area contributed by atoms with E-state index in [9.17, 15) is 9.59 Å². The molecule has 5 nitrogen and oxygen atoms in total. The Hall–Kier alpha value is -1.91. The number of hydroxylamine groups is 1. The van der Waals surface area contributed by atoms with Crippen molar-refractivity contribution in [2.75, 3.05) is 0 Å². The minimum Gasteiger partial charge on any atom is -0.341 e. The molecule has 1 N–H and O–H groups in total. The van der Waals surface area contributed by atoms with Crippen LogP contribution in [0.2, 0.25) is 0 Å². The van der Waals surface area contributed by atoms with E-state index in [-0.39, 0.29) is 5.69 Å². The van der Waals surface area contributed by atoms with Crippen molar-refractivity contribution in [3.8, 4) is 0 Å². The molecule has 0 radical (unpaired) electrons. The van der Waals surface area contributed by atoms with Gasteiger partial charge in [-0.15, -0.1) is 0 Å². The van der Waals surface area contributed by atoms with Crippen LogP contribution in [0.4, 0.5) is 0 Å². The molecule has 5 heteroatoms. The fourth-order valence-corrected chi connectivity index (χ4v) is 0.668. The van der Waals surface area contributed by atoms with Crippen molar-refractivity contribution in [3.05, 3.63) is 30.1 Å². The van der Waals surface area contributed by atoms with Crippen LogP contribution in [0.3, 0.4) is 0 Å². The highest BCUT2D eigenvalue weighted by Gasteiger charge is 2.06. The van der Waals surface area contributed by atoms with Crippen LogP contribution in [-0.4, -0.2) is 16.9 Å². The Bertz CT molecular complexity index is 310. The Morgan fingerprint density at radius 1 is 1.46 bits per heavy atom. The van der Waals surface area contributed by atoms with Gasteiger partial charge < -0.3 is 4.84 Å². The lowest BCUT2D eigenvalue weighted by molar-refractivity contribution is -0.146. The van der Waals surface area contributed by atoms with Crippen molar-refractivity contribution in [3.63, 3.8) is 0 Å². The molecule has 1 aromatic rings. The van der Waals surface area contributed by atoms with Gasteiger partial charge in [-0.3, -0.25) is 14.6 Å². The molecule has 0 aliphatic carbocycles. The first-order valence-corrected chi connectivity index (χ1v) is 3.59. The molecule has 0 aromatic carbocycles. The van der Waals surface area contributed by atoms with Gasteiger partial charge in [0.05, 0.1) is 0 Å². The lowest BCUT2D eigenvalue weighted by Crippen LogP contribution is -2.26. The van der Waals surface area contributed by atoms with Crippen molar-refractivity contribution in [2.24, 2.45) is 0 Å². The molecule has 1 rings (SSSR count). The second-order valence-electron chi connectivity index (χ2n) is 2.24. The molecule has 0 aliphatic heterocycles. The van der Waals surface area contributed by atoms with Gasteiger partial charge in [-0.05, 0) is 12.1 Å². The molecule has 0 spiro atoms. The standard InChI is InChI=1S/C8H8N2O3/c1-6(11)13-10-8(12)7-4-2-3-5-9-7/h2-5H,1H3,(H,10,12). The molecule has 68 valence electrons. The Labute approximate surface area is 74.7 Å². The number of carbonyl (C=O) groups is 2. The minimum atomic E-state index is -0.579. The van der Waals surface area contributed by atoms with E-state index in [2.05, 4.69) is 9.82 Å². The highest BCUT2D eigenvalue weighted by molar-refractivity contribution is 5.92. The van der Waals surface area contributed by atoms with Crippen LogP contribution in [0.15, 0.2) is 24.4 Å². The van der Waals surface area contributed by atoms with Gasteiger partial charge in [0.15, 0.2) is 0 Å². The van der Waals surface area contributed by atoms with Crippen LogP contribution in [0, 0.1) is 0 Å². The number of hydrogen-bond donors (Lipinski definition) is 1. The first-order valence-electron chi connectivity index (χ1n) is 3.59. The molecular formula is C8H8N2O3. The lowest BCUT2D eigenvalue weighted by Gasteiger charge is -2.01. The molecule has 0 aliphatic rings. The second-order valence-corrected chi connectivity index (χ2v) is 2.24. The van der Waals surface area contributed by atoms with E-state index in [4.69, 9.17) is 0 Å². The first kappa shape index (κ1) is 9.18. The van der Waals surface area contributed by atoms with E-state index in [0.29, 0.717) is 0 Å².